The van der Waals surface area contributed by atoms with Crippen LogP contribution in [-0.2, 0) is 9.53 Å². The van der Waals surface area contributed by atoms with Crippen molar-refractivity contribution in [2.45, 2.75) is 38.7 Å². The molecule has 0 spiro atoms. The number of ether oxygens (including phenoxy) is 1. The van der Waals surface area contributed by atoms with E-state index in [0.29, 0.717) is 16.7 Å². The fourth-order valence-electron chi connectivity index (χ4n) is 3.86. The van der Waals surface area contributed by atoms with E-state index in [2.05, 4.69) is 27.0 Å². The maximum absolute atomic E-state index is 12.3. The van der Waals surface area contributed by atoms with Crippen LogP contribution in [0.4, 0.5) is 5.69 Å². The van der Waals surface area contributed by atoms with Crippen molar-refractivity contribution in [1.82, 2.24) is 9.97 Å². The van der Waals surface area contributed by atoms with Crippen molar-refractivity contribution in [2.24, 2.45) is 0 Å². The fourth-order valence-corrected chi connectivity index (χ4v) is 3.86. The summed E-state index contributed by atoms with van der Waals surface area (Å²) in [5.41, 5.74) is 2.48. The number of hydrogen-bond donors (Lipinski definition) is 1. The van der Waals surface area contributed by atoms with E-state index < -0.39 is 12.1 Å². The van der Waals surface area contributed by atoms with Crippen LogP contribution in [0.2, 0.25) is 0 Å². The number of esters is 1. The molecule has 1 fully saturated rings. The summed E-state index contributed by atoms with van der Waals surface area (Å²) in [4.78, 5) is 34.0. The lowest BCUT2D eigenvalue weighted by Gasteiger charge is -2.22. The molecule has 2 aromatic carbocycles. The smallest absolute Gasteiger partial charge is 0.331 e. The molecule has 0 unspecified atom stereocenters. The lowest BCUT2D eigenvalue weighted by Crippen LogP contribution is -2.23. The normalized spacial score (nSPS) is 15.7. The van der Waals surface area contributed by atoms with E-state index in [1.165, 1.54) is 37.4 Å². The summed E-state index contributed by atoms with van der Waals surface area (Å²) in [6.45, 7) is 3.89. The van der Waals surface area contributed by atoms with Gasteiger partial charge >= 0.3 is 5.97 Å². The molecule has 6 nitrogen and oxygen atoms in total. The standard InChI is InChI=1S/C25H27N3O3/c1-18(24-26-22-9-5-4-8-21(22)25(30)27-24)31-23(29)15-12-19-10-13-20(14-11-19)28-16-6-2-3-7-17-28/h4-5,8-15,18H,2-3,6-7,16-17H2,1H3,(H,26,27,30)/b15-12+/t18-/m1/s1. The fraction of sp³-hybridized carbons (Fsp3) is 0.320. The molecule has 3 aromatic rings. The average molecular weight is 418 g/mol. The number of nitrogens with one attached hydrogen (secondary N) is 1. The summed E-state index contributed by atoms with van der Waals surface area (Å²) in [5.74, 6) is -0.160. The minimum atomic E-state index is -0.667. The van der Waals surface area contributed by atoms with Crippen LogP contribution in [0.25, 0.3) is 17.0 Å². The molecule has 1 aliphatic heterocycles. The lowest BCUT2D eigenvalue weighted by molar-refractivity contribution is -0.142. The second-order valence-corrected chi connectivity index (χ2v) is 7.87. The van der Waals surface area contributed by atoms with Crippen molar-refractivity contribution in [3.05, 3.63) is 76.3 Å². The Morgan fingerprint density at radius 1 is 1.06 bits per heavy atom. The van der Waals surface area contributed by atoms with Crippen LogP contribution in [0, 0.1) is 0 Å². The molecule has 6 heteroatoms. The van der Waals surface area contributed by atoms with Crippen LogP contribution < -0.4 is 10.5 Å². The zero-order chi connectivity index (χ0) is 21.6. The number of fused-ring (bicyclic) bond motifs is 1. The van der Waals surface area contributed by atoms with Crippen LogP contribution in [0.15, 0.2) is 59.4 Å². The first kappa shape index (κ1) is 20.8. The van der Waals surface area contributed by atoms with Gasteiger partial charge in [0.05, 0.1) is 10.9 Å². The average Bonchev–Trinajstić information content (AvgIpc) is 3.08. The molecule has 0 saturated carbocycles. The van der Waals surface area contributed by atoms with Crippen molar-refractivity contribution in [1.29, 1.82) is 0 Å². The van der Waals surface area contributed by atoms with Gasteiger partial charge in [-0.3, -0.25) is 4.79 Å². The second kappa shape index (κ2) is 9.60. The van der Waals surface area contributed by atoms with E-state index in [-0.39, 0.29) is 5.56 Å². The van der Waals surface area contributed by atoms with Gasteiger partial charge in [0.25, 0.3) is 5.56 Å². The third-order valence-corrected chi connectivity index (χ3v) is 5.59. The van der Waals surface area contributed by atoms with Gasteiger partial charge in [-0.1, -0.05) is 37.1 Å². The van der Waals surface area contributed by atoms with Crippen LogP contribution in [0.3, 0.4) is 0 Å². The molecular formula is C25H27N3O3. The Bertz CT molecular complexity index is 1130. The molecule has 1 aromatic heterocycles. The summed E-state index contributed by atoms with van der Waals surface area (Å²) in [6.07, 6.45) is 7.56. The number of para-hydroxylation sites is 1. The number of nitrogens with zero attached hydrogens (tertiary/aromatic N) is 2. The Balaban J connectivity index is 1.38. The molecule has 0 radical (unpaired) electrons. The number of benzene rings is 2. The van der Waals surface area contributed by atoms with Gasteiger partial charge in [0, 0.05) is 24.9 Å². The predicted octanol–water partition coefficient (Wildman–Crippen LogP) is 4.62. The monoisotopic (exact) mass is 417 g/mol. The molecule has 0 bridgehead atoms. The highest BCUT2D eigenvalue weighted by atomic mass is 16.5. The second-order valence-electron chi connectivity index (χ2n) is 7.87. The summed E-state index contributed by atoms with van der Waals surface area (Å²) in [7, 11) is 0. The summed E-state index contributed by atoms with van der Waals surface area (Å²) in [5, 5.41) is 0.508. The first-order valence-electron chi connectivity index (χ1n) is 10.8. The van der Waals surface area contributed by atoms with Gasteiger partial charge in [0.15, 0.2) is 11.9 Å². The first-order chi connectivity index (χ1) is 15.1. The maximum atomic E-state index is 12.3. The Morgan fingerprint density at radius 3 is 2.52 bits per heavy atom. The first-order valence-corrected chi connectivity index (χ1v) is 10.8. The van der Waals surface area contributed by atoms with Crippen molar-refractivity contribution in [3.8, 4) is 0 Å². The minimum absolute atomic E-state index is 0.247. The van der Waals surface area contributed by atoms with Crippen molar-refractivity contribution < 1.29 is 9.53 Å². The van der Waals surface area contributed by atoms with Gasteiger partial charge in [0.2, 0.25) is 0 Å². The van der Waals surface area contributed by atoms with Gasteiger partial charge in [0.1, 0.15) is 0 Å². The van der Waals surface area contributed by atoms with Crippen LogP contribution >= 0.6 is 0 Å². The largest absolute Gasteiger partial charge is 0.451 e. The van der Waals surface area contributed by atoms with E-state index in [1.54, 1.807) is 31.2 Å². The molecular weight excluding hydrogens is 390 g/mol. The number of aromatic amines is 1. The quantitative estimate of drug-likeness (QED) is 0.484. The molecule has 0 amide bonds. The number of anilines is 1. The molecule has 1 N–H and O–H groups in total. The van der Waals surface area contributed by atoms with Crippen molar-refractivity contribution >= 4 is 28.6 Å². The van der Waals surface area contributed by atoms with E-state index in [0.717, 1.165) is 18.7 Å². The number of aromatic nitrogens is 2. The molecule has 1 saturated heterocycles. The zero-order valence-electron chi connectivity index (χ0n) is 17.7. The van der Waals surface area contributed by atoms with Crippen molar-refractivity contribution in [2.75, 3.05) is 18.0 Å². The number of H-pyrrole nitrogens is 1. The predicted molar refractivity (Wildman–Crippen MR) is 123 cm³/mol. The lowest BCUT2D eigenvalue weighted by atomic mass is 10.1. The molecule has 1 atom stereocenters. The number of carbonyl (C=O) groups excluding carboxylic acids is 1. The highest BCUT2D eigenvalue weighted by molar-refractivity contribution is 5.87. The maximum Gasteiger partial charge on any atom is 0.331 e. The van der Waals surface area contributed by atoms with E-state index >= 15 is 0 Å². The zero-order valence-corrected chi connectivity index (χ0v) is 17.7. The summed E-state index contributed by atoms with van der Waals surface area (Å²) >= 11 is 0. The van der Waals surface area contributed by atoms with Crippen LogP contribution in [-0.4, -0.2) is 29.0 Å². The van der Waals surface area contributed by atoms with Gasteiger partial charge in [-0.15, -0.1) is 0 Å². The Labute approximate surface area is 181 Å². The number of carbonyl (C=O) groups is 1. The number of hydrogen-bond acceptors (Lipinski definition) is 5. The molecule has 2 heterocycles. The molecule has 31 heavy (non-hydrogen) atoms. The number of rotatable bonds is 5. The highest BCUT2D eigenvalue weighted by Gasteiger charge is 2.14. The Hall–Kier alpha value is -3.41. The third kappa shape index (κ3) is 5.20. The van der Waals surface area contributed by atoms with Gasteiger partial charge < -0.3 is 14.6 Å². The SMILES string of the molecule is C[C@@H](OC(=O)/C=C/c1ccc(N2CCCCCC2)cc1)c1nc2ccccc2c(=O)[nH]1. The van der Waals surface area contributed by atoms with E-state index in [1.807, 2.05) is 18.2 Å². The van der Waals surface area contributed by atoms with E-state index in [9.17, 15) is 9.59 Å². The molecule has 1 aliphatic rings. The minimum Gasteiger partial charge on any atom is -0.451 e. The Morgan fingerprint density at radius 2 is 1.77 bits per heavy atom. The Kier molecular flexibility index (Phi) is 6.46. The van der Waals surface area contributed by atoms with Crippen LogP contribution in [0.1, 0.15) is 50.1 Å². The van der Waals surface area contributed by atoms with Gasteiger partial charge in [-0.2, -0.15) is 0 Å². The summed E-state index contributed by atoms with van der Waals surface area (Å²) < 4.78 is 5.43. The molecule has 160 valence electrons. The van der Waals surface area contributed by atoms with Crippen molar-refractivity contribution in [3.63, 3.8) is 0 Å². The van der Waals surface area contributed by atoms with Crippen LogP contribution in [0.5, 0.6) is 0 Å². The summed E-state index contributed by atoms with van der Waals surface area (Å²) in [6, 6.07) is 15.3. The molecule has 0 aliphatic carbocycles. The molecule has 4 rings (SSSR count). The van der Waals surface area contributed by atoms with E-state index in [4.69, 9.17) is 4.74 Å². The third-order valence-electron chi connectivity index (χ3n) is 5.59. The van der Waals surface area contributed by atoms with Gasteiger partial charge in [-0.25, -0.2) is 9.78 Å². The highest BCUT2D eigenvalue weighted by Crippen LogP contribution is 2.21. The topological polar surface area (TPSA) is 75.3 Å². The van der Waals surface area contributed by atoms with Gasteiger partial charge in [-0.05, 0) is 55.7 Å².